The molecule has 3 aliphatic heterocycles. The molecule has 0 aromatic heterocycles. The molecule has 0 saturated carbocycles. The molecule has 0 spiro atoms. The fraction of sp³-hybridized carbons (Fsp3) is 0.519. The van der Waals surface area contributed by atoms with Gasteiger partial charge in [-0.2, -0.15) is 5.26 Å². The zero-order valence-electron chi connectivity index (χ0n) is 21.0. The standard InChI is InChI=1S/C27H32N4O5/c1-27(2,3)36-26(34)30-13-14-31-23(16-30)22(17-32)21(15-28)24(31)20-9-11-29(12-10-20)25(33)35-18-19-7-5-4-6-8-19/h4-8,20,23H,9-14,16,18H2,1-3H3. The number of piperazine rings is 1. The quantitative estimate of drug-likeness (QED) is 0.595. The third-order valence-electron chi connectivity index (χ3n) is 6.77. The highest BCUT2D eigenvalue weighted by molar-refractivity contribution is 5.73. The maximum absolute atomic E-state index is 12.6. The van der Waals surface area contributed by atoms with Crippen LogP contribution in [0.5, 0.6) is 0 Å². The number of rotatable bonds is 3. The third-order valence-corrected chi connectivity index (χ3v) is 6.77. The van der Waals surface area contributed by atoms with Crippen molar-refractivity contribution in [1.29, 1.82) is 5.26 Å². The first-order valence-corrected chi connectivity index (χ1v) is 12.3. The van der Waals surface area contributed by atoms with Gasteiger partial charge in [-0.3, -0.25) is 0 Å². The lowest BCUT2D eigenvalue weighted by Gasteiger charge is -2.42. The van der Waals surface area contributed by atoms with Gasteiger partial charge in [-0.1, -0.05) is 30.3 Å². The average Bonchev–Trinajstić information content (AvgIpc) is 3.19. The number of piperidine rings is 1. The first-order chi connectivity index (χ1) is 17.2. The minimum Gasteiger partial charge on any atom is -0.445 e. The maximum atomic E-state index is 12.6. The molecule has 2 fully saturated rings. The Kier molecular flexibility index (Phi) is 7.37. The summed E-state index contributed by atoms with van der Waals surface area (Å²) in [4.78, 5) is 42.5. The van der Waals surface area contributed by atoms with E-state index in [0.29, 0.717) is 50.2 Å². The van der Waals surface area contributed by atoms with Crippen LogP contribution >= 0.6 is 0 Å². The van der Waals surface area contributed by atoms with Crippen molar-refractivity contribution in [3.63, 3.8) is 0 Å². The number of allylic oxidation sites excluding steroid dienone is 1. The van der Waals surface area contributed by atoms with Crippen LogP contribution < -0.4 is 0 Å². The van der Waals surface area contributed by atoms with E-state index in [-0.39, 0.29) is 25.2 Å². The van der Waals surface area contributed by atoms with E-state index in [1.165, 1.54) is 0 Å². The van der Waals surface area contributed by atoms with Crippen molar-refractivity contribution in [2.45, 2.75) is 51.9 Å². The lowest BCUT2D eigenvalue weighted by atomic mass is 9.90. The number of benzene rings is 1. The number of amides is 2. The molecule has 9 heteroatoms. The van der Waals surface area contributed by atoms with Crippen LogP contribution in [0.2, 0.25) is 0 Å². The van der Waals surface area contributed by atoms with Gasteiger partial charge in [-0.15, -0.1) is 0 Å². The van der Waals surface area contributed by atoms with E-state index < -0.39 is 17.7 Å². The van der Waals surface area contributed by atoms with Crippen LogP contribution in [0, 0.1) is 17.2 Å². The summed E-state index contributed by atoms with van der Waals surface area (Å²) < 4.78 is 11.0. The van der Waals surface area contributed by atoms with Gasteiger partial charge in [0.05, 0.1) is 17.2 Å². The summed E-state index contributed by atoms with van der Waals surface area (Å²) >= 11 is 0. The van der Waals surface area contributed by atoms with E-state index in [2.05, 4.69) is 11.0 Å². The number of carbonyl (C=O) groups excluding carboxylic acids is 3. The molecule has 36 heavy (non-hydrogen) atoms. The Morgan fingerprint density at radius 2 is 1.72 bits per heavy atom. The second kappa shape index (κ2) is 10.5. The normalized spacial score (nSPS) is 20.6. The molecule has 2 saturated heterocycles. The zero-order valence-corrected chi connectivity index (χ0v) is 21.0. The van der Waals surface area contributed by atoms with Crippen LogP contribution in [-0.4, -0.2) is 77.2 Å². The minimum absolute atomic E-state index is 0.0271. The van der Waals surface area contributed by atoms with Crippen molar-refractivity contribution in [3.8, 4) is 6.07 Å². The average molecular weight is 493 g/mol. The third kappa shape index (κ3) is 5.39. The van der Waals surface area contributed by atoms with E-state index in [1.807, 2.05) is 57.0 Å². The van der Waals surface area contributed by atoms with Gasteiger partial charge in [-0.05, 0) is 39.2 Å². The molecule has 1 aromatic rings. The Labute approximate surface area is 211 Å². The topological polar surface area (TPSA) is 103 Å². The van der Waals surface area contributed by atoms with Crippen molar-refractivity contribution in [3.05, 3.63) is 52.7 Å². The van der Waals surface area contributed by atoms with Gasteiger partial charge in [0.2, 0.25) is 0 Å². The second-order valence-electron chi connectivity index (χ2n) is 10.3. The Balaban J connectivity index is 1.41. The Morgan fingerprint density at radius 1 is 1.03 bits per heavy atom. The molecule has 3 aliphatic rings. The summed E-state index contributed by atoms with van der Waals surface area (Å²) in [5.74, 6) is 2.01. The summed E-state index contributed by atoms with van der Waals surface area (Å²) in [6, 6.07) is 11.3. The van der Waals surface area contributed by atoms with Crippen LogP contribution in [0.25, 0.3) is 0 Å². The van der Waals surface area contributed by atoms with Gasteiger partial charge in [-0.25, -0.2) is 14.4 Å². The lowest BCUT2D eigenvalue weighted by Crippen LogP contribution is -2.54. The molecule has 0 aliphatic carbocycles. The van der Waals surface area contributed by atoms with Crippen molar-refractivity contribution < 1.29 is 23.9 Å². The molecule has 0 N–H and O–H groups in total. The predicted octanol–water partition coefficient (Wildman–Crippen LogP) is 3.51. The van der Waals surface area contributed by atoms with Crippen molar-refractivity contribution in [2.24, 2.45) is 5.92 Å². The summed E-state index contributed by atoms with van der Waals surface area (Å²) in [5.41, 5.74) is 1.80. The minimum atomic E-state index is -0.620. The van der Waals surface area contributed by atoms with Crippen LogP contribution in [0.4, 0.5) is 9.59 Å². The van der Waals surface area contributed by atoms with E-state index in [4.69, 9.17) is 9.47 Å². The molecule has 1 aromatic carbocycles. The van der Waals surface area contributed by atoms with Gasteiger partial charge in [0.1, 0.15) is 24.2 Å². The van der Waals surface area contributed by atoms with Gasteiger partial charge in [0.25, 0.3) is 0 Å². The molecular weight excluding hydrogens is 460 g/mol. The molecule has 190 valence electrons. The number of carbonyl (C=O) groups is 2. The number of nitriles is 1. The van der Waals surface area contributed by atoms with Crippen molar-refractivity contribution >= 4 is 18.1 Å². The van der Waals surface area contributed by atoms with Gasteiger partial charge >= 0.3 is 12.2 Å². The number of ether oxygens (including phenoxy) is 2. The van der Waals surface area contributed by atoms with Crippen LogP contribution in [-0.2, 0) is 20.9 Å². The Bertz CT molecular complexity index is 1120. The van der Waals surface area contributed by atoms with E-state index in [9.17, 15) is 19.6 Å². The molecular formula is C27H32N4O5. The van der Waals surface area contributed by atoms with Crippen LogP contribution in [0.15, 0.2) is 47.2 Å². The number of hydrogen-bond donors (Lipinski definition) is 0. The highest BCUT2D eigenvalue weighted by Crippen LogP contribution is 2.41. The molecule has 0 radical (unpaired) electrons. The molecule has 2 amide bonds. The Hall–Kier alpha value is -3.76. The zero-order chi connectivity index (χ0) is 25.9. The highest BCUT2D eigenvalue weighted by atomic mass is 16.6. The monoisotopic (exact) mass is 492 g/mol. The first-order valence-electron chi connectivity index (χ1n) is 12.3. The smallest absolute Gasteiger partial charge is 0.410 e. The molecule has 4 rings (SSSR count). The molecule has 0 bridgehead atoms. The van der Waals surface area contributed by atoms with E-state index in [1.54, 1.807) is 9.80 Å². The number of nitrogens with zero attached hydrogens (tertiary/aromatic N) is 4. The first kappa shape index (κ1) is 25.3. The van der Waals surface area contributed by atoms with Crippen LogP contribution in [0.1, 0.15) is 39.2 Å². The maximum Gasteiger partial charge on any atom is 0.410 e. The molecule has 3 heterocycles. The summed E-state index contributed by atoms with van der Waals surface area (Å²) in [7, 11) is 0. The van der Waals surface area contributed by atoms with Crippen molar-refractivity contribution in [1.82, 2.24) is 14.7 Å². The lowest BCUT2D eigenvalue weighted by molar-refractivity contribution is 0.0115. The van der Waals surface area contributed by atoms with Gasteiger partial charge < -0.3 is 24.2 Å². The number of hydrogen-bond acceptors (Lipinski definition) is 7. The Morgan fingerprint density at radius 3 is 2.33 bits per heavy atom. The largest absolute Gasteiger partial charge is 0.445 e. The van der Waals surface area contributed by atoms with Crippen LogP contribution in [0.3, 0.4) is 0 Å². The van der Waals surface area contributed by atoms with Gasteiger partial charge in [0, 0.05) is 44.3 Å². The fourth-order valence-corrected chi connectivity index (χ4v) is 5.08. The van der Waals surface area contributed by atoms with Crippen molar-refractivity contribution in [2.75, 3.05) is 32.7 Å². The molecule has 1 unspecified atom stereocenters. The second-order valence-corrected chi connectivity index (χ2v) is 10.3. The summed E-state index contributed by atoms with van der Waals surface area (Å²) in [5, 5.41) is 9.94. The number of likely N-dealkylation sites (tertiary alicyclic amines) is 1. The SMILES string of the molecule is CC(C)(C)OC(=O)N1CCN2C(C3CCN(C(=O)OCc4ccccc4)CC3)=C(C#N)C(=C=O)C2C1. The molecule has 9 nitrogen and oxygen atoms in total. The summed E-state index contributed by atoms with van der Waals surface area (Å²) in [6.07, 6.45) is 0.537. The predicted molar refractivity (Wildman–Crippen MR) is 131 cm³/mol. The summed E-state index contributed by atoms with van der Waals surface area (Å²) in [6.45, 7) is 7.85. The highest BCUT2D eigenvalue weighted by Gasteiger charge is 2.45. The van der Waals surface area contributed by atoms with Gasteiger partial charge in [0.15, 0.2) is 0 Å². The van der Waals surface area contributed by atoms with E-state index >= 15 is 0 Å². The fourth-order valence-electron chi connectivity index (χ4n) is 5.08. The number of fused-ring (bicyclic) bond motifs is 1. The molecule has 1 atom stereocenters. The van der Waals surface area contributed by atoms with E-state index in [0.717, 1.165) is 11.3 Å².